The average molecular weight is 1040 g/mol. The molecule has 7 unspecified atom stereocenters. The summed E-state index contributed by atoms with van der Waals surface area (Å²) in [6.45, 7) is 1.98. The second-order valence-electron chi connectivity index (χ2n) is 21.5. The molecular formula is C61H72N2O9S2. The summed E-state index contributed by atoms with van der Waals surface area (Å²) in [7, 11) is 6.60. The number of phenolic OH excluding ortho intramolecular Hbond substituents is 3. The number of ether oxygens (including phenoxy) is 2. The summed E-state index contributed by atoms with van der Waals surface area (Å²) < 4.78 is 12.5. The van der Waals surface area contributed by atoms with Crippen molar-refractivity contribution in [3.05, 3.63) is 147 Å². The number of benzene rings is 5. The number of fused-ring (bicyclic) bond motifs is 2. The lowest BCUT2D eigenvalue weighted by molar-refractivity contribution is -0.149. The number of methoxy groups -OCH3 is 1. The lowest BCUT2D eigenvalue weighted by Crippen LogP contribution is -2.61. The van der Waals surface area contributed by atoms with Crippen molar-refractivity contribution in [3.63, 3.8) is 0 Å². The van der Waals surface area contributed by atoms with E-state index < -0.39 is 40.9 Å². The normalized spacial score (nSPS) is 25.5. The molecule has 10 rings (SSSR count). The van der Waals surface area contributed by atoms with Crippen LogP contribution < -0.4 is 14.8 Å². The van der Waals surface area contributed by atoms with Crippen LogP contribution in [0.4, 0.5) is 0 Å². The van der Waals surface area contributed by atoms with E-state index in [2.05, 4.69) is 41.5 Å². The molecule has 3 saturated carbocycles. The molecule has 2 heterocycles. The second-order valence-corrected chi connectivity index (χ2v) is 24.2. The summed E-state index contributed by atoms with van der Waals surface area (Å²) >= 11 is 0. The van der Waals surface area contributed by atoms with Crippen LogP contribution in [0.3, 0.4) is 0 Å². The first-order chi connectivity index (χ1) is 35.9. The summed E-state index contributed by atoms with van der Waals surface area (Å²) in [6, 6.07) is 26.7. The van der Waals surface area contributed by atoms with Gasteiger partial charge in [-0.25, -0.2) is 0 Å². The van der Waals surface area contributed by atoms with Crippen molar-refractivity contribution >= 4 is 38.1 Å². The van der Waals surface area contributed by atoms with E-state index in [1.165, 1.54) is 0 Å². The number of hydrogen-bond acceptors (Lipinski definition) is 12. The SMILES string of the molecule is CCc1ccc2cccc3c2c1Cc1c(ccc(O)c1OC)CC(Cc1cc[nH]c1)C(O)C1C(=O)C(Cc2ccc(O)c(OC4CCCC4)c2)(c2cc(O)cc(C4(NC)CCCC4)c2)C(O)CC1CSSC3CO. The van der Waals surface area contributed by atoms with Gasteiger partial charge in [-0.15, -0.1) is 0 Å². The van der Waals surface area contributed by atoms with E-state index in [4.69, 9.17) is 9.47 Å². The maximum Gasteiger partial charge on any atom is 0.164 e. The summed E-state index contributed by atoms with van der Waals surface area (Å²) in [5.41, 5.74) is 5.68. The fraction of sp³-hybridized carbons (Fsp3) is 0.459. The number of hydrogen-bond donors (Lipinski definition) is 8. The fourth-order valence-corrected chi connectivity index (χ4v) is 16.3. The van der Waals surface area contributed by atoms with E-state index in [-0.39, 0.29) is 53.8 Å². The quantitative estimate of drug-likeness (QED) is 0.0544. The molecule has 5 aromatic carbocycles. The minimum atomic E-state index is -1.67. The van der Waals surface area contributed by atoms with E-state index in [0.717, 1.165) is 108 Å². The Bertz CT molecular complexity index is 2950. The average Bonchev–Trinajstić information content (AvgIpc) is 4.23. The van der Waals surface area contributed by atoms with Gasteiger partial charge in [-0.3, -0.25) is 4.79 Å². The first-order valence-electron chi connectivity index (χ1n) is 26.7. The Morgan fingerprint density at radius 1 is 0.865 bits per heavy atom. The monoisotopic (exact) mass is 1040 g/mol. The maximum absolute atomic E-state index is 16.8. The number of ketones is 1. The molecule has 7 atom stereocenters. The molecule has 3 fully saturated rings. The van der Waals surface area contributed by atoms with Crippen molar-refractivity contribution in [2.24, 2.45) is 17.8 Å². The van der Waals surface area contributed by atoms with Crippen LogP contribution in [0.1, 0.15) is 120 Å². The van der Waals surface area contributed by atoms with Gasteiger partial charge in [0.1, 0.15) is 5.75 Å². The zero-order chi connectivity index (χ0) is 51.7. The van der Waals surface area contributed by atoms with E-state index in [9.17, 15) is 30.6 Å². The van der Waals surface area contributed by atoms with E-state index >= 15 is 4.79 Å². The number of rotatable bonds is 12. The maximum atomic E-state index is 16.8. The Morgan fingerprint density at radius 3 is 2.38 bits per heavy atom. The van der Waals surface area contributed by atoms with Crippen LogP contribution in [0.5, 0.6) is 28.7 Å². The molecule has 0 radical (unpaired) electrons. The number of aliphatic hydroxyl groups excluding tert-OH is 3. The van der Waals surface area contributed by atoms with E-state index in [0.29, 0.717) is 47.6 Å². The van der Waals surface area contributed by atoms with Crippen LogP contribution in [0.15, 0.2) is 97.3 Å². The molecular weight excluding hydrogens is 969 g/mol. The van der Waals surface area contributed by atoms with Crippen LogP contribution in [-0.4, -0.2) is 86.2 Å². The molecule has 4 aliphatic rings. The molecule has 0 saturated heterocycles. The number of phenols is 3. The third-order valence-electron chi connectivity index (χ3n) is 17.4. The van der Waals surface area contributed by atoms with Gasteiger partial charge in [0.05, 0.1) is 42.7 Å². The Morgan fingerprint density at radius 2 is 1.65 bits per heavy atom. The van der Waals surface area contributed by atoms with Gasteiger partial charge >= 0.3 is 0 Å². The molecule has 3 aliphatic carbocycles. The first kappa shape index (κ1) is 52.3. The van der Waals surface area contributed by atoms with Gasteiger partial charge in [0.25, 0.3) is 0 Å². The van der Waals surface area contributed by atoms with E-state index in [1.54, 1.807) is 65.1 Å². The van der Waals surface area contributed by atoms with Gasteiger partial charge in [0.2, 0.25) is 0 Å². The number of aromatic nitrogens is 1. The number of aromatic hydroxyl groups is 3. The zero-order valence-corrected chi connectivity index (χ0v) is 44.5. The standard InChI is InChI=1S/C61H72N2O9S2/c1-4-38-15-16-39-10-9-13-47-53(34-64)74-73-35-42-27-54(68)61(32-36-14-18-50(66)52(25-36)72-46-11-5-6-12-46,44-28-43(29-45(65)30-44)60(62-2)21-7-8-22-60)59(70)56(42)57(69)41(24-37-20-23-63-33-37)26-40-17-19-51(67)58(71-3)49(40)31-48(38)55(39)47/h9-10,13-20,23,25,28-30,33,41-42,46,53-54,56-57,62-69H,4-8,11-12,21-22,24,26-27,31-32,34-35H2,1-3H3. The number of nitrogens with one attached hydrogen (secondary N) is 2. The lowest BCUT2D eigenvalue weighted by atomic mass is 9.55. The summed E-state index contributed by atoms with van der Waals surface area (Å²) in [6.07, 6.45) is 10.8. The fourth-order valence-electron chi connectivity index (χ4n) is 13.5. The minimum Gasteiger partial charge on any atom is -0.508 e. The molecule has 6 aromatic rings. The number of carbonyl (C=O) groups is 1. The highest BCUT2D eigenvalue weighted by Crippen LogP contribution is 2.53. The molecule has 0 amide bonds. The van der Waals surface area contributed by atoms with Crippen molar-refractivity contribution in [1.29, 1.82) is 0 Å². The Kier molecular flexibility index (Phi) is 15.7. The molecule has 11 nitrogen and oxygen atoms in total. The van der Waals surface area contributed by atoms with Gasteiger partial charge < -0.3 is 50.4 Å². The Labute approximate surface area is 442 Å². The molecule has 0 spiro atoms. The number of Topliss-reactive ketones (excluding diaryl/α,β-unsaturated/α-hetero) is 1. The van der Waals surface area contributed by atoms with Crippen molar-refractivity contribution in [2.45, 2.75) is 131 Å². The molecule has 74 heavy (non-hydrogen) atoms. The smallest absolute Gasteiger partial charge is 0.164 e. The minimum absolute atomic E-state index is 0.000984. The molecule has 13 heteroatoms. The third kappa shape index (κ3) is 9.93. The molecule has 1 aliphatic heterocycles. The second kappa shape index (κ2) is 22.2. The molecule has 1 aromatic heterocycles. The predicted octanol–water partition coefficient (Wildman–Crippen LogP) is 10.7. The van der Waals surface area contributed by atoms with Crippen molar-refractivity contribution in [3.8, 4) is 28.7 Å². The van der Waals surface area contributed by atoms with Gasteiger partial charge in [-0.05, 0) is 181 Å². The summed E-state index contributed by atoms with van der Waals surface area (Å²) in [5, 5.41) is 77.9. The van der Waals surface area contributed by atoms with Gasteiger partial charge in [0, 0.05) is 41.6 Å². The predicted molar refractivity (Wildman–Crippen MR) is 295 cm³/mol. The van der Waals surface area contributed by atoms with Crippen LogP contribution in [0.2, 0.25) is 0 Å². The summed E-state index contributed by atoms with van der Waals surface area (Å²) in [4.78, 5) is 20.0. The molecule has 392 valence electrons. The highest BCUT2D eigenvalue weighted by molar-refractivity contribution is 8.76. The van der Waals surface area contributed by atoms with Crippen LogP contribution >= 0.6 is 21.6 Å². The number of H-pyrrole nitrogens is 1. The highest BCUT2D eigenvalue weighted by Gasteiger charge is 2.58. The van der Waals surface area contributed by atoms with Crippen LogP contribution in [-0.2, 0) is 47.9 Å². The van der Waals surface area contributed by atoms with Crippen molar-refractivity contribution < 1.29 is 44.9 Å². The van der Waals surface area contributed by atoms with Gasteiger partial charge in [0.15, 0.2) is 28.8 Å². The highest BCUT2D eigenvalue weighted by atomic mass is 33.1. The van der Waals surface area contributed by atoms with Crippen LogP contribution in [0, 0.1) is 17.8 Å². The van der Waals surface area contributed by atoms with Crippen molar-refractivity contribution in [1.82, 2.24) is 10.3 Å². The Balaban J connectivity index is 1.16. The number of aryl methyl sites for hydroxylation is 1. The van der Waals surface area contributed by atoms with Crippen molar-refractivity contribution in [2.75, 3.05) is 26.5 Å². The van der Waals surface area contributed by atoms with Gasteiger partial charge in [-0.1, -0.05) is 89.9 Å². The number of carbonyl (C=O) groups excluding carboxylic acids is 1. The first-order valence-corrected chi connectivity index (χ1v) is 29.1. The molecule has 8 N–H and O–H groups in total. The third-order valence-corrected chi connectivity index (χ3v) is 20.2. The number of aliphatic hydroxyl groups is 3. The van der Waals surface area contributed by atoms with Gasteiger partial charge in [-0.2, -0.15) is 0 Å². The zero-order valence-electron chi connectivity index (χ0n) is 42.8. The Hall–Kier alpha value is -5.15. The lowest BCUT2D eigenvalue weighted by Gasteiger charge is -2.49. The largest absolute Gasteiger partial charge is 0.508 e. The van der Waals surface area contributed by atoms with E-state index in [1.807, 2.05) is 43.7 Å². The molecule has 0 bridgehead atoms. The summed E-state index contributed by atoms with van der Waals surface area (Å²) in [5.74, 6) is -1.34. The van der Waals surface area contributed by atoms with Crippen LogP contribution in [0.25, 0.3) is 10.8 Å². The number of aromatic amines is 1. The topological polar surface area (TPSA) is 185 Å².